The first-order chi connectivity index (χ1) is 6.27. The van der Waals surface area contributed by atoms with Crippen LogP contribution in [-0.4, -0.2) is 21.9 Å². The minimum absolute atomic E-state index is 0.0402. The first kappa shape index (κ1) is 9.34. The Hall–Kier alpha value is -1.75. The van der Waals surface area contributed by atoms with Gasteiger partial charge in [-0.2, -0.15) is 14.6 Å². The van der Waals surface area contributed by atoms with E-state index in [1.807, 2.05) is 0 Å². The van der Waals surface area contributed by atoms with Gasteiger partial charge in [0.1, 0.15) is 6.07 Å². The number of hydrogen-bond acceptors (Lipinski definition) is 7. The summed E-state index contributed by atoms with van der Waals surface area (Å²) in [5.74, 6) is 0.0402. The van der Waals surface area contributed by atoms with Gasteiger partial charge in [-0.25, -0.2) is 4.39 Å². The van der Waals surface area contributed by atoms with E-state index in [2.05, 4.69) is 19.4 Å². The molecule has 0 spiro atoms. The van der Waals surface area contributed by atoms with Crippen LogP contribution in [-0.2, 0) is 4.84 Å². The summed E-state index contributed by atoms with van der Waals surface area (Å²) in [5, 5.41) is 11.9. The summed E-state index contributed by atoms with van der Waals surface area (Å²) in [4.78, 5) is 7.70. The summed E-state index contributed by atoms with van der Waals surface area (Å²) in [7, 11) is 0. The molecule has 0 unspecified atom stereocenters. The second-order valence-corrected chi connectivity index (χ2v) is 2.53. The maximum absolute atomic E-state index is 11.5. The molecule has 0 aliphatic carbocycles. The van der Waals surface area contributed by atoms with Crippen LogP contribution in [0.1, 0.15) is 5.82 Å². The average molecular weight is 201 g/mol. The second kappa shape index (κ2) is 4.32. The van der Waals surface area contributed by atoms with Gasteiger partial charge in [-0.15, -0.1) is 0 Å². The number of nitriles is 1. The number of hydrogen-bond donors (Lipinski definition) is 1. The predicted molar refractivity (Wildman–Crippen MR) is 43.5 cm³/mol. The molecule has 0 bridgehead atoms. The van der Waals surface area contributed by atoms with Crippen LogP contribution in [0.4, 0.5) is 9.52 Å². The molecule has 0 fully saturated rings. The second-order valence-electron chi connectivity index (χ2n) is 1.75. The van der Waals surface area contributed by atoms with E-state index in [0.29, 0.717) is 0 Å². The highest BCUT2D eigenvalue weighted by molar-refractivity contribution is 7.09. The Morgan fingerprint density at radius 1 is 1.85 bits per heavy atom. The van der Waals surface area contributed by atoms with Crippen molar-refractivity contribution in [3.05, 3.63) is 5.82 Å². The Labute approximate surface area is 76.6 Å². The summed E-state index contributed by atoms with van der Waals surface area (Å²) >= 11 is 0.917. The molecule has 0 aromatic carbocycles. The SMILES string of the molecule is N#C/C(=N/OCF)c1nsc(N)n1. The predicted octanol–water partition coefficient (Wildman–Crippen LogP) is 0.292. The van der Waals surface area contributed by atoms with Gasteiger partial charge in [-0.3, -0.25) is 0 Å². The van der Waals surface area contributed by atoms with Crippen molar-refractivity contribution >= 4 is 22.4 Å². The third-order valence-corrected chi connectivity index (χ3v) is 1.51. The number of alkyl halides is 1. The zero-order chi connectivity index (χ0) is 9.68. The highest BCUT2D eigenvalue weighted by Crippen LogP contribution is 2.06. The van der Waals surface area contributed by atoms with E-state index >= 15 is 0 Å². The molecule has 0 aliphatic heterocycles. The molecule has 0 atom stereocenters. The first-order valence-electron chi connectivity index (χ1n) is 3.03. The molecule has 13 heavy (non-hydrogen) atoms. The third-order valence-electron chi connectivity index (χ3n) is 0.964. The number of nitrogens with two attached hydrogens (primary N) is 1. The fourth-order valence-corrected chi connectivity index (χ4v) is 0.966. The Morgan fingerprint density at radius 3 is 3.08 bits per heavy atom. The molecule has 6 nitrogen and oxygen atoms in total. The van der Waals surface area contributed by atoms with Crippen LogP contribution in [0.3, 0.4) is 0 Å². The van der Waals surface area contributed by atoms with Crippen LogP contribution in [0.5, 0.6) is 0 Å². The number of aromatic nitrogens is 2. The van der Waals surface area contributed by atoms with E-state index in [0.717, 1.165) is 11.5 Å². The van der Waals surface area contributed by atoms with Gasteiger partial charge in [0.2, 0.25) is 11.5 Å². The van der Waals surface area contributed by atoms with Gasteiger partial charge in [0.15, 0.2) is 5.13 Å². The molecule has 1 aromatic rings. The molecule has 1 aromatic heterocycles. The molecule has 68 valence electrons. The third kappa shape index (κ3) is 2.34. The summed E-state index contributed by atoms with van der Waals surface area (Å²) in [6.07, 6.45) is 0. The van der Waals surface area contributed by atoms with Crippen molar-refractivity contribution in [1.82, 2.24) is 9.36 Å². The number of nitrogens with zero attached hydrogens (tertiary/aromatic N) is 4. The zero-order valence-electron chi connectivity index (χ0n) is 6.27. The quantitative estimate of drug-likeness (QED) is 0.560. The number of halogens is 1. The highest BCUT2D eigenvalue weighted by Gasteiger charge is 2.09. The molecular weight excluding hydrogens is 197 g/mol. The molecule has 0 saturated heterocycles. The van der Waals surface area contributed by atoms with Crippen molar-refractivity contribution in [2.75, 3.05) is 12.6 Å². The van der Waals surface area contributed by atoms with Gasteiger partial charge in [0, 0.05) is 11.5 Å². The van der Waals surface area contributed by atoms with Crippen LogP contribution in [0.25, 0.3) is 0 Å². The molecule has 0 saturated carbocycles. The monoisotopic (exact) mass is 201 g/mol. The summed E-state index contributed by atoms with van der Waals surface area (Å²) in [6, 6.07) is 1.65. The molecule has 0 radical (unpaired) electrons. The highest BCUT2D eigenvalue weighted by atomic mass is 32.1. The molecule has 0 amide bonds. The molecule has 8 heteroatoms. The van der Waals surface area contributed by atoms with Crippen molar-refractivity contribution in [2.45, 2.75) is 0 Å². The summed E-state index contributed by atoms with van der Waals surface area (Å²) < 4.78 is 15.2. The van der Waals surface area contributed by atoms with Gasteiger partial charge >= 0.3 is 0 Å². The zero-order valence-corrected chi connectivity index (χ0v) is 7.08. The van der Waals surface area contributed by atoms with Gasteiger partial charge in [0.05, 0.1) is 0 Å². The first-order valence-corrected chi connectivity index (χ1v) is 3.81. The molecule has 1 heterocycles. The van der Waals surface area contributed by atoms with E-state index in [9.17, 15) is 4.39 Å². The fraction of sp³-hybridized carbons (Fsp3) is 0.200. The molecule has 1 rings (SSSR count). The van der Waals surface area contributed by atoms with Crippen LogP contribution in [0.2, 0.25) is 0 Å². The number of rotatable bonds is 3. The van der Waals surface area contributed by atoms with Crippen LogP contribution in [0, 0.1) is 11.3 Å². The van der Waals surface area contributed by atoms with Crippen molar-refractivity contribution < 1.29 is 9.23 Å². The normalized spacial score (nSPS) is 10.9. The molecular formula is C5H4FN5OS. The van der Waals surface area contributed by atoms with E-state index < -0.39 is 6.86 Å². The van der Waals surface area contributed by atoms with E-state index in [4.69, 9.17) is 11.0 Å². The minimum Gasteiger partial charge on any atom is -0.374 e. The lowest BCUT2D eigenvalue weighted by atomic mass is 10.4. The standard InChI is InChI=1S/C5H4FN5OS/c6-2-12-10-3(1-7)4-9-5(8)13-11-4/h2H2,(H2,8,9,11)/b10-3-. The van der Waals surface area contributed by atoms with Crippen molar-refractivity contribution in [2.24, 2.45) is 5.16 Å². The van der Waals surface area contributed by atoms with Gasteiger partial charge in [-0.1, -0.05) is 5.16 Å². The topological polar surface area (TPSA) is 97.2 Å². The Morgan fingerprint density at radius 2 is 2.62 bits per heavy atom. The Bertz CT molecular complexity index is 356. The number of nitrogen functional groups attached to an aromatic ring is 1. The molecule has 2 N–H and O–H groups in total. The lowest BCUT2D eigenvalue weighted by molar-refractivity contribution is 0.0639. The van der Waals surface area contributed by atoms with Crippen LogP contribution >= 0.6 is 11.5 Å². The van der Waals surface area contributed by atoms with Crippen molar-refractivity contribution in [1.29, 1.82) is 5.26 Å². The van der Waals surface area contributed by atoms with E-state index in [-0.39, 0.29) is 16.7 Å². The largest absolute Gasteiger partial charge is 0.374 e. The van der Waals surface area contributed by atoms with Crippen molar-refractivity contribution in [3.8, 4) is 6.07 Å². The minimum atomic E-state index is -1.11. The smallest absolute Gasteiger partial charge is 0.255 e. The number of oxime groups is 1. The molecule has 0 aliphatic rings. The maximum atomic E-state index is 11.5. The summed E-state index contributed by atoms with van der Waals surface area (Å²) in [5.41, 5.74) is 5.06. The summed E-state index contributed by atoms with van der Waals surface area (Å²) in [6.45, 7) is -1.11. The van der Waals surface area contributed by atoms with Gasteiger partial charge in [0.25, 0.3) is 6.86 Å². The van der Waals surface area contributed by atoms with Crippen LogP contribution < -0.4 is 5.73 Å². The Balaban J connectivity index is 2.86. The van der Waals surface area contributed by atoms with E-state index in [1.165, 1.54) is 0 Å². The van der Waals surface area contributed by atoms with Crippen molar-refractivity contribution in [3.63, 3.8) is 0 Å². The van der Waals surface area contributed by atoms with E-state index in [1.54, 1.807) is 6.07 Å². The van der Waals surface area contributed by atoms with Crippen LogP contribution in [0.15, 0.2) is 5.16 Å². The lowest BCUT2D eigenvalue weighted by Gasteiger charge is -1.89. The van der Waals surface area contributed by atoms with Gasteiger partial charge in [-0.05, 0) is 0 Å². The Kier molecular flexibility index (Phi) is 3.10. The average Bonchev–Trinajstić information content (AvgIpc) is 2.54. The number of anilines is 1. The maximum Gasteiger partial charge on any atom is 0.255 e. The lowest BCUT2D eigenvalue weighted by Crippen LogP contribution is -2.01. The van der Waals surface area contributed by atoms with Gasteiger partial charge < -0.3 is 10.6 Å². The fourth-order valence-electron chi connectivity index (χ4n) is 0.532.